The van der Waals surface area contributed by atoms with Crippen LogP contribution in [0.1, 0.15) is 12.5 Å². The van der Waals surface area contributed by atoms with Crippen LogP contribution in [0.4, 0.5) is 4.39 Å². The fraction of sp³-hybridized carbons (Fsp3) is 0.364. The molecule has 0 fully saturated rings. The van der Waals surface area contributed by atoms with Crippen molar-refractivity contribution < 1.29 is 13.9 Å². The van der Waals surface area contributed by atoms with Crippen molar-refractivity contribution >= 4 is 5.78 Å². The topological polar surface area (TPSA) is 26.3 Å². The number of ether oxygens (including phenoxy) is 1. The molecule has 0 unspecified atom stereocenters. The van der Waals surface area contributed by atoms with Crippen LogP contribution < -0.4 is 4.74 Å². The number of Topliss-reactive ketones (excluding diaryl/α,β-unsaturated/α-hetero) is 1. The van der Waals surface area contributed by atoms with Gasteiger partial charge in [-0.2, -0.15) is 0 Å². The molecule has 0 radical (unpaired) electrons. The molecule has 0 aliphatic heterocycles. The van der Waals surface area contributed by atoms with E-state index in [-0.39, 0.29) is 12.4 Å². The Hall–Kier alpha value is -1.38. The van der Waals surface area contributed by atoms with Crippen LogP contribution in [0.25, 0.3) is 0 Å². The van der Waals surface area contributed by atoms with Crippen LogP contribution in [0.2, 0.25) is 0 Å². The Labute approximate surface area is 82.7 Å². The number of carbonyl (C=O) groups is 1. The second kappa shape index (κ2) is 5.37. The average molecular weight is 195 g/mol. The molecule has 0 spiro atoms. The van der Waals surface area contributed by atoms with Crippen LogP contribution >= 0.6 is 0 Å². The van der Waals surface area contributed by atoms with E-state index in [1.165, 1.54) is 0 Å². The summed E-state index contributed by atoms with van der Waals surface area (Å²) in [6, 6.07) is 7.12. The largest absolute Gasteiger partial charge is 0.491 e. The third-order valence-electron chi connectivity index (χ3n) is 1.72. The summed E-state index contributed by atoms with van der Waals surface area (Å²) in [5.41, 5.74) is 0.949. The van der Waals surface area contributed by atoms with Crippen LogP contribution in [0.5, 0.6) is 5.75 Å². The van der Waals surface area contributed by atoms with Crippen LogP contribution in [0.15, 0.2) is 24.3 Å². The highest BCUT2D eigenvalue weighted by Crippen LogP contribution is 2.12. The van der Waals surface area contributed by atoms with E-state index in [2.05, 4.69) is 0 Å². The predicted octanol–water partition coefficient (Wildman–Crippen LogP) is 2.17. The number of rotatable bonds is 5. The van der Waals surface area contributed by atoms with E-state index in [0.717, 1.165) is 5.56 Å². The maximum atomic E-state index is 11.8. The van der Waals surface area contributed by atoms with Crippen molar-refractivity contribution in [3.8, 4) is 5.75 Å². The first-order valence-corrected chi connectivity index (χ1v) is 4.49. The van der Waals surface area contributed by atoms with Crippen molar-refractivity contribution in [3.05, 3.63) is 29.8 Å². The third-order valence-corrected chi connectivity index (χ3v) is 1.72. The molecule has 3 heteroatoms. The van der Waals surface area contributed by atoms with Gasteiger partial charge in [0, 0.05) is 6.42 Å². The Bertz CT molecular complexity index is 293. The zero-order chi connectivity index (χ0) is 10.4. The van der Waals surface area contributed by atoms with Gasteiger partial charge in [-0.05, 0) is 24.6 Å². The minimum atomic E-state index is -0.491. The maximum Gasteiger partial charge on any atom is 0.134 e. The van der Waals surface area contributed by atoms with E-state index in [9.17, 15) is 9.18 Å². The Kier molecular flexibility index (Phi) is 4.11. The van der Waals surface area contributed by atoms with Crippen molar-refractivity contribution in [3.63, 3.8) is 0 Å². The average Bonchev–Trinajstić information content (AvgIpc) is 2.16. The quantitative estimate of drug-likeness (QED) is 0.719. The van der Waals surface area contributed by atoms with Gasteiger partial charge in [0.15, 0.2) is 0 Å². The van der Waals surface area contributed by atoms with Gasteiger partial charge in [0.25, 0.3) is 0 Å². The molecule has 1 aromatic carbocycles. The number of halogens is 1. The number of hydrogen-bond acceptors (Lipinski definition) is 2. The molecular weight excluding hydrogens is 182 g/mol. The molecule has 0 aliphatic rings. The van der Waals surface area contributed by atoms with Gasteiger partial charge in [-0.3, -0.25) is 4.79 Å². The summed E-state index contributed by atoms with van der Waals surface area (Å²) >= 11 is 0. The van der Waals surface area contributed by atoms with Gasteiger partial charge in [-0.25, -0.2) is 4.39 Å². The Morgan fingerprint density at radius 2 is 2.00 bits per heavy atom. The molecule has 1 rings (SSSR count). The van der Waals surface area contributed by atoms with Crippen molar-refractivity contribution in [2.24, 2.45) is 0 Å². The lowest BCUT2D eigenvalue weighted by Gasteiger charge is -2.04. The van der Waals surface area contributed by atoms with Gasteiger partial charge in [0.2, 0.25) is 0 Å². The van der Waals surface area contributed by atoms with Crippen LogP contribution in [-0.2, 0) is 11.2 Å². The summed E-state index contributed by atoms with van der Waals surface area (Å²) in [5, 5.41) is 0. The Morgan fingerprint density at radius 1 is 1.36 bits per heavy atom. The zero-order valence-electron chi connectivity index (χ0n) is 8.13. The van der Waals surface area contributed by atoms with Crippen molar-refractivity contribution in [1.82, 2.24) is 0 Å². The highest BCUT2D eigenvalue weighted by atomic mass is 18.2. The van der Waals surface area contributed by atoms with Gasteiger partial charge < -0.3 is 4.74 Å². The minimum absolute atomic E-state index is 0.0755. The lowest BCUT2D eigenvalue weighted by Crippen LogP contribution is -1.99. The zero-order valence-corrected chi connectivity index (χ0v) is 8.13. The maximum absolute atomic E-state index is 11.8. The molecule has 0 amide bonds. The first-order chi connectivity index (χ1) is 6.72. The van der Waals surface area contributed by atoms with E-state index < -0.39 is 6.67 Å². The Balaban J connectivity index is 2.54. The normalized spacial score (nSPS) is 9.86. The van der Waals surface area contributed by atoms with E-state index in [0.29, 0.717) is 12.2 Å². The van der Waals surface area contributed by atoms with Crippen LogP contribution in [0, 0.1) is 0 Å². The van der Waals surface area contributed by atoms with Crippen molar-refractivity contribution in [2.75, 3.05) is 13.3 Å². The van der Waals surface area contributed by atoms with Gasteiger partial charge in [0.1, 0.15) is 24.8 Å². The molecule has 0 heterocycles. The lowest BCUT2D eigenvalue weighted by atomic mass is 10.1. The minimum Gasteiger partial charge on any atom is -0.491 e. The molecule has 0 aromatic heterocycles. The summed E-state index contributed by atoms with van der Waals surface area (Å²) in [5.74, 6) is 0.761. The van der Waals surface area contributed by atoms with E-state index in [1.807, 2.05) is 12.1 Å². The molecule has 14 heavy (non-hydrogen) atoms. The fourth-order valence-corrected chi connectivity index (χ4v) is 1.15. The number of hydrogen-bond donors (Lipinski definition) is 0. The fourth-order valence-electron chi connectivity index (χ4n) is 1.15. The Morgan fingerprint density at radius 3 is 2.50 bits per heavy atom. The van der Waals surface area contributed by atoms with Gasteiger partial charge in [0.05, 0.1) is 0 Å². The molecule has 0 aliphatic carbocycles. The van der Waals surface area contributed by atoms with E-state index in [1.54, 1.807) is 19.1 Å². The summed E-state index contributed by atoms with van der Waals surface area (Å²) in [6.07, 6.45) is 0.434. The molecule has 1 aromatic rings. The van der Waals surface area contributed by atoms with Crippen LogP contribution in [-0.4, -0.2) is 19.1 Å². The molecule has 0 saturated carbocycles. The molecule has 0 saturated heterocycles. The predicted molar refractivity (Wildman–Crippen MR) is 52.3 cm³/mol. The third kappa shape index (κ3) is 3.56. The smallest absolute Gasteiger partial charge is 0.134 e. The monoisotopic (exact) mass is 195 g/mol. The summed E-state index contributed by atoms with van der Waals surface area (Å²) in [6.45, 7) is 1.13. The second-order valence-electron chi connectivity index (χ2n) is 3.06. The summed E-state index contributed by atoms with van der Waals surface area (Å²) in [4.78, 5) is 10.8. The molecule has 76 valence electrons. The first kappa shape index (κ1) is 10.7. The van der Waals surface area contributed by atoms with Crippen LogP contribution in [0.3, 0.4) is 0 Å². The molecule has 0 atom stereocenters. The van der Waals surface area contributed by atoms with Crippen molar-refractivity contribution in [1.29, 1.82) is 0 Å². The van der Waals surface area contributed by atoms with Gasteiger partial charge in [-0.15, -0.1) is 0 Å². The van der Waals surface area contributed by atoms with E-state index >= 15 is 0 Å². The number of ketones is 1. The number of carbonyl (C=O) groups excluding carboxylic acids is 1. The molecule has 2 nitrogen and oxygen atoms in total. The first-order valence-electron chi connectivity index (χ1n) is 4.49. The second-order valence-corrected chi connectivity index (χ2v) is 3.06. The summed E-state index contributed by atoms with van der Waals surface area (Å²) < 4.78 is 16.8. The standard InChI is InChI=1S/C11H13FO2/c1-9(13)8-10-2-4-11(5-3-10)14-7-6-12/h2-5H,6-8H2,1H3/i12-1. The summed E-state index contributed by atoms with van der Waals surface area (Å²) in [7, 11) is 0. The number of benzene rings is 1. The number of alkyl halides is 1. The SMILES string of the molecule is CC(=O)Cc1ccc(OCC[18F])cc1. The highest BCUT2D eigenvalue weighted by Gasteiger charge is 1.98. The lowest BCUT2D eigenvalue weighted by molar-refractivity contribution is -0.116. The molecular formula is C11H13FO2. The van der Waals surface area contributed by atoms with Gasteiger partial charge >= 0.3 is 0 Å². The highest BCUT2D eigenvalue weighted by molar-refractivity contribution is 5.78. The molecule has 0 bridgehead atoms. The van der Waals surface area contributed by atoms with E-state index in [4.69, 9.17) is 4.74 Å². The molecule has 0 N–H and O–H groups in total. The van der Waals surface area contributed by atoms with Crippen molar-refractivity contribution in [2.45, 2.75) is 13.3 Å². The van der Waals surface area contributed by atoms with Gasteiger partial charge in [-0.1, -0.05) is 12.1 Å².